The molecule has 3 rings (SSSR count). The minimum Gasteiger partial charge on any atom is -0.489 e. The standard InChI is InChI=1S/C20H20ClN3O2/c1-14-11-18(23-24(14)2)12-22-20(25)16-5-3-15(4-6-16)13-26-19-9-7-17(21)8-10-19/h3-11H,12-13H2,1-2H3,(H,22,25). The lowest BCUT2D eigenvalue weighted by Gasteiger charge is -2.08. The average molecular weight is 370 g/mol. The third kappa shape index (κ3) is 4.64. The average Bonchev–Trinajstić information content (AvgIpc) is 2.97. The molecule has 0 aliphatic carbocycles. The Hall–Kier alpha value is -2.79. The first kappa shape index (κ1) is 18.0. The maximum Gasteiger partial charge on any atom is 0.251 e. The number of ether oxygens (including phenoxy) is 1. The number of benzene rings is 2. The summed E-state index contributed by atoms with van der Waals surface area (Å²) in [5.41, 5.74) is 3.48. The molecule has 0 aliphatic heterocycles. The maximum absolute atomic E-state index is 12.2. The molecule has 1 amide bonds. The molecule has 0 atom stereocenters. The molecule has 3 aromatic rings. The molecule has 6 heteroatoms. The minimum atomic E-state index is -0.126. The highest BCUT2D eigenvalue weighted by molar-refractivity contribution is 6.30. The van der Waals surface area contributed by atoms with Crippen LogP contribution in [0.15, 0.2) is 54.6 Å². The zero-order valence-corrected chi connectivity index (χ0v) is 15.5. The van der Waals surface area contributed by atoms with Crippen LogP contribution in [0.2, 0.25) is 5.02 Å². The largest absolute Gasteiger partial charge is 0.489 e. The summed E-state index contributed by atoms with van der Waals surface area (Å²) in [6.45, 7) is 2.81. The Balaban J connectivity index is 1.52. The maximum atomic E-state index is 12.2. The van der Waals surface area contributed by atoms with E-state index < -0.39 is 0 Å². The van der Waals surface area contributed by atoms with E-state index in [-0.39, 0.29) is 5.91 Å². The Labute approximate surface area is 157 Å². The first-order valence-electron chi connectivity index (χ1n) is 8.26. The van der Waals surface area contributed by atoms with Gasteiger partial charge in [0.05, 0.1) is 12.2 Å². The van der Waals surface area contributed by atoms with Gasteiger partial charge in [-0.15, -0.1) is 0 Å². The summed E-state index contributed by atoms with van der Waals surface area (Å²) >= 11 is 5.85. The Morgan fingerprint density at radius 3 is 2.46 bits per heavy atom. The van der Waals surface area contributed by atoms with Crippen LogP contribution in [0.5, 0.6) is 5.75 Å². The van der Waals surface area contributed by atoms with Crippen LogP contribution in [-0.2, 0) is 20.2 Å². The van der Waals surface area contributed by atoms with Gasteiger partial charge in [0.25, 0.3) is 5.91 Å². The second-order valence-corrected chi connectivity index (χ2v) is 6.46. The normalized spacial score (nSPS) is 10.6. The number of hydrogen-bond acceptors (Lipinski definition) is 3. The highest BCUT2D eigenvalue weighted by atomic mass is 35.5. The Morgan fingerprint density at radius 1 is 1.15 bits per heavy atom. The van der Waals surface area contributed by atoms with Crippen molar-refractivity contribution >= 4 is 17.5 Å². The lowest BCUT2D eigenvalue weighted by molar-refractivity contribution is 0.0950. The highest BCUT2D eigenvalue weighted by Crippen LogP contribution is 2.17. The Kier molecular flexibility index (Phi) is 5.58. The summed E-state index contributed by atoms with van der Waals surface area (Å²) in [4.78, 5) is 12.2. The number of nitrogens with one attached hydrogen (secondary N) is 1. The van der Waals surface area contributed by atoms with E-state index in [0.717, 1.165) is 22.7 Å². The van der Waals surface area contributed by atoms with Crippen LogP contribution in [0.3, 0.4) is 0 Å². The van der Waals surface area contributed by atoms with Gasteiger partial charge >= 0.3 is 0 Å². The van der Waals surface area contributed by atoms with Gasteiger partial charge in [0.1, 0.15) is 12.4 Å². The second kappa shape index (κ2) is 8.06. The van der Waals surface area contributed by atoms with Crippen LogP contribution >= 0.6 is 11.6 Å². The topological polar surface area (TPSA) is 56.1 Å². The van der Waals surface area contributed by atoms with Gasteiger partial charge in [0, 0.05) is 23.3 Å². The molecular formula is C20H20ClN3O2. The molecule has 0 bridgehead atoms. The van der Waals surface area contributed by atoms with Gasteiger partial charge in [-0.3, -0.25) is 9.48 Å². The molecule has 0 aliphatic rings. The molecule has 0 radical (unpaired) electrons. The number of rotatable bonds is 6. The summed E-state index contributed by atoms with van der Waals surface area (Å²) in [6, 6.07) is 16.5. The quantitative estimate of drug-likeness (QED) is 0.717. The van der Waals surface area contributed by atoms with E-state index in [1.165, 1.54) is 0 Å². The molecule has 0 fully saturated rings. The molecule has 134 valence electrons. The molecule has 5 nitrogen and oxygen atoms in total. The predicted molar refractivity (Wildman–Crippen MR) is 101 cm³/mol. The molecule has 0 saturated carbocycles. The van der Waals surface area contributed by atoms with Crippen LogP contribution in [0.25, 0.3) is 0 Å². The summed E-state index contributed by atoms with van der Waals surface area (Å²) in [6.07, 6.45) is 0. The number of halogens is 1. The minimum absolute atomic E-state index is 0.126. The number of hydrogen-bond donors (Lipinski definition) is 1. The highest BCUT2D eigenvalue weighted by Gasteiger charge is 2.07. The van der Waals surface area contributed by atoms with Crippen molar-refractivity contribution in [2.24, 2.45) is 7.05 Å². The second-order valence-electron chi connectivity index (χ2n) is 6.02. The van der Waals surface area contributed by atoms with Crippen molar-refractivity contribution in [1.82, 2.24) is 15.1 Å². The van der Waals surface area contributed by atoms with E-state index in [1.54, 1.807) is 28.9 Å². The predicted octanol–water partition coefficient (Wildman–Crippen LogP) is 3.89. The first-order chi connectivity index (χ1) is 12.5. The van der Waals surface area contributed by atoms with Crippen LogP contribution in [0.4, 0.5) is 0 Å². The van der Waals surface area contributed by atoms with Crippen molar-refractivity contribution in [3.8, 4) is 5.75 Å². The fourth-order valence-corrected chi connectivity index (χ4v) is 2.57. The number of carbonyl (C=O) groups is 1. The van der Waals surface area contributed by atoms with Crippen molar-refractivity contribution in [2.75, 3.05) is 0 Å². The number of aryl methyl sites for hydroxylation is 2. The number of aromatic nitrogens is 2. The molecule has 1 heterocycles. The molecule has 26 heavy (non-hydrogen) atoms. The van der Waals surface area contributed by atoms with Crippen LogP contribution < -0.4 is 10.1 Å². The summed E-state index contributed by atoms with van der Waals surface area (Å²) in [5.74, 6) is 0.625. The summed E-state index contributed by atoms with van der Waals surface area (Å²) < 4.78 is 7.49. The summed E-state index contributed by atoms with van der Waals surface area (Å²) in [5, 5.41) is 7.88. The van der Waals surface area contributed by atoms with Gasteiger partial charge in [-0.05, 0) is 55.0 Å². The molecule has 0 unspecified atom stereocenters. The van der Waals surface area contributed by atoms with Crippen LogP contribution in [0, 0.1) is 6.92 Å². The van der Waals surface area contributed by atoms with Gasteiger partial charge in [0.15, 0.2) is 0 Å². The van der Waals surface area contributed by atoms with E-state index in [2.05, 4.69) is 10.4 Å². The number of carbonyl (C=O) groups excluding carboxylic acids is 1. The van der Waals surface area contributed by atoms with Gasteiger partial charge in [-0.25, -0.2) is 0 Å². The monoisotopic (exact) mass is 369 g/mol. The van der Waals surface area contributed by atoms with Gasteiger partial charge in [-0.2, -0.15) is 5.10 Å². The molecule has 2 aromatic carbocycles. The Morgan fingerprint density at radius 2 is 1.85 bits per heavy atom. The molecule has 0 spiro atoms. The third-order valence-corrected chi connectivity index (χ3v) is 4.28. The lowest BCUT2D eigenvalue weighted by Crippen LogP contribution is -2.23. The van der Waals surface area contributed by atoms with Crippen molar-refractivity contribution in [1.29, 1.82) is 0 Å². The van der Waals surface area contributed by atoms with E-state index >= 15 is 0 Å². The van der Waals surface area contributed by atoms with E-state index in [9.17, 15) is 4.79 Å². The number of amides is 1. The molecule has 0 saturated heterocycles. The zero-order valence-electron chi connectivity index (χ0n) is 14.7. The van der Waals surface area contributed by atoms with Crippen molar-refractivity contribution in [2.45, 2.75) is 20.1 Å². The zero-order chi connectivity index (χ0) is 18.5. The molecule has 1 N–H and O–H groups in total. The SMILES string of the molecule is Cc1cc(CNC(=O)c2ccc(COc3ccc(Cl)cc3)cc2)nn1C. The fourth-order valence-electron chi connectivity index (χ4n) is 2.44. The van der Waals surface area contributed by atoms with E-state index in [4.69, 9.17) is 16.3 Å². The van der Waals surface area contributed by atoms with Crippen molar-refractivity contribution in [3.05, 3.63) is 82.1 Å². The van der Waals surface area contributed by atoms with Crippen LogP contribution in [0.1, 0.15) is 27.3 Å². The van der Waals surface area contributed by atoms with Crippen LogP contribution in [-0.4, -0.2) is 15.7 Å². The van der Waals surface area contributed by atoms with Crippen molar-refractivity contribution in [3.63, 3.8) is 0 Å². The van der Waals surface area contributed by atoms with Gasteiger partial charge in [-0.1, -0.05) is 23.7 Å². The lowest BCUT2D eigenvalue weighted by atomic mass is 10.1. The number of nitrogens with zero attached hydrogens (tertiary/aromatic N) is 2. The molecule has 1 aromatic heterocycles. The summed E-state index contributed by atoms with van der Waals surface area (Å²) in [7, 11) is 1.88. The Bertz CT molecular complexity index is 867. The smallest absolute Gasteiger partial charge is 0.251 e. The molecular weight excluding hydrogens is 350 g/mol. The van der Waals surface area contributed by atoms with Crippen molar-refractivity contribution < 1.29 is 9.53 Å². The van der Waals surface area contributed by atoms with Gasteiger partial charge in [0.2, 0.25) is 0 Å². The van der Waals surface area contributed by atoms with E-state index in [0.29, 0.717) is 23.7 Å². The van der Waals surface area contributed by atoms with E-state index in [1.807, 2.05) is 44.3 Å². The van der Waals surface area contributed by atoms with Gasteiger partial charge < -0.3 is 10.1 Å². The first-order valence-corrected chi connectivity index (χ1v) is 8.64. The third-order valence-electron chi connectivity index (χ3n) is 4.03. The fraction of sp³-hybridized carbons (Fsp3) is 0.200.